The van der Waals surface area contributed by atoms with E-state index < -0.39 is 11.7 Å². The number of hydrogen-bond donors (Lipinski definition) is 3. The molecule has 0 aliphatic carbocycles. The number of halogens is 1. The minimum Gasteiger partial charge on any atom is -0.481 e. The van der Waals surface area contributed by atoms with Crippen LogP contribution in [0.5, 0.6) is 5.88 Å². The third-order valence-electron chi connectivity index (χ3n) is 3.59. The Kier molecular flexibility index (Phi) is 6.90. The van der Waals surface area contributed by atoms with Crippen molar-refractivity contribution in [2.24, 2.45) is 0 Å². The summed E-state index contributed by atoms with van der Waals surface area (Å²) in [5.74, 6) is -0.319. The smallest absolute Gasteiger partial charge is 0.315 e. The van der Waals surface area contributed by atoms with Gasteiger partial charge in [0, 0.05) is 37.5 Å². The second-order valence-electron chi connectivity index (χ2n) is 5.54. The first-order chi connectivity index (χ1) is 12.5. The number of carbonyl (C=O) groups excluding carboxylic acids is 2. The number of aromatic nitrogens is 1. The van der Waals surface area contributed by atoms with Gasteiger partial charge in [-0.2, -0.15) is 0 Å². The molecule has 138 valence electrons. The Morgan fingerprint density at radius 1 is 1.12 bits per heavy atom. The Morgan fingerprint density at radius 2 is 1.88 bits per heavy atom. The molecule has 2 aromatic rings. The first kappa shape index (κ1) is 19.2. The standard InChI is InChI=1S/C18H21FN4O3/c1-12-3-5-14(9-15(12)19)17(24)20-7-8-21-18(25)23-11-13-4-6-16(26-2)22-10-13/h3-6,9-10H,7-8,11H2,1-2H3,(H,20,24)(H2,21,23,25). The maximum atomic E-state index is 13.4. The van der Waals surface area contributed by atoms with E-state index in [9.17, 15) is 14.0 Å². The zero-order chi connectivity index (χ0) is 18.9. The number of nitrogens with one attached hydrogen (secondary N) is 3. The van der Waals surface area contributed by atoms with Crippen LogP contribution in [0.15, 0.2) is 36.5 Å². The van der Waals surface area contributed by atoms with Crippen LogP contribution in [-0.4, -0.2) is 37.1 Å². The van der Waals surface area contributed by atoms with Crippen LogP contribution >= 0.6 is 0 Å². The van der Waals surface area contributed by atoms with Gasteiger partial charge in [0.1, 0.15) is 5.82 Å². The normalized spacial score (nSPS) is 10.1. The molecule has 0 radical (unpaired) electrons. The van der Waals surface area contributed by atoms with E-state index in [4.69, 9.17) is 4.74 Å². The van der Waals surface area contributed by atoms with Gasteiger partial charge in [-0.1, -0.05) is 12.1 Å². The van der Waals surface area contributed by atoms with Crippen molar-refractivity contribution in [2.75, 3.05) is 20.2 Å². The van der Waals surface area contributed by atoms with Crippen LogP contribution in [0.1, 0.15) is 21.5 Å². The Hall–Kier alpha value is -3.16. The van der Waals surface area contributed by atoms with Crippen LogP contribution in [-0.2, 0) is 6.54 Å². The van der Waals surface area contributed by atoms with E-state index in [-0.39, 0.29) is 24.7 Å². The molecule has 1 aromatic carbocycles. The summed E-state index contributed by atoms with van der Waals surface area (Å²) in [6.07, 6.45) is 1.61. The lowest BCUT2D eigenvalue weighted by atomic mass is 10.1. The molecule has 0 atom stereocenters. The van der Waals surface area contributed by atoms with Crippen molar-refractivity contribution in [3.8, 4) is 5.88 Å². The highest BCUT2D eigenvalue weighted by Crippen LogP contribution is 2.09. The summed E-state index contributed by atoms with van der Waals surface area (Å²) < 4.78 is 18.4. The Bertz CT molecular complexity index is 766. The van der Waals surface area contributed by atoms with Crippen LogP contribution in [0.25, 0.3) is 0 Å². The van der Waals surface area contributed by atoms with E-state index in [1.807, 2.05) is 0 Å². The highest BCUT2D eigenvalue weighted by Gasteiger charge is 2.08. The number of urea groups is 1. The van der Waals surface area contributed by atoms with Gasteiger partial charge in [-0.3, -0.25) is 4.79 Å². The van der Waals surface area contributed by atoms with Gasteiger partial charge >= 0.3 is 6.03 Å². The molecule has 26 heavy (non-hydrogen) atoms. The average molecular weight is 360 g/mol. The van der Waals surface area contributed by atoms with Crippen molar-refractivity contribution in [1.82, 2.24) is 20.9 Å². The molecule has 1 heterocycles. The molecule has 0 saturated carbocycles. The SMILES string of the molecule is COc1ccc(CNC(=O)NCCNC(=O)c2ccc(C)c(F)c2)cn1. The predicted octanol–water partition coefficient (Wildman–Crippen LogP) is 1.77. The quantitative estimate of drug-likeness (QED) is 0.656. The van der Waals surface area contributed by atoms with E-state index in [1.54, 1.807) is 37.4 Å². The number of nitrogens with zero attached hydrogens (tertiary/aromatic N) is 1. The molecule has 0 bridgehead atoms. The second kappa shape index (κ2) is 9.36. The fraction of sp³-hybridized carbons (Fsp3) is 0.278. The van der Waals surface area contributed by atoms with Crippen molar-refractivity contribution < 1.29 is 18.7 Å². The monoisotopic (exact) mass is 360 g/mol. The number of rotatable bonds is 7. The predicted molar refractivity (Wildman–Crippen MR) is 94.5 cm³/mol. The zero-order valence-electron chi connectivity index (χ0n) is 14.6. The molecule has 0 fully saturated rings. The minimum atomic E-state index is -0.428. The lowest BCUT2D eigenvalue weighted by Gasteiger charge is -2.09. The molecule has 0 spiro atoms. The third-order valence-corrected chi connectivity index (χ3v) is 3.59. The maximum Gasteiger partial charge on any atom is 0.315 e. The summed E-state index contributed by atoms with van der Waals surface area (Å²) in [4.78, 5) is 27.6. The first-order valence-corrected chi connectivity index (χ1v) is 8.04. The number of pyridine rings is 1. The number of ether oxygens (including phenoxy) is 1. The molecule has 0 unspecified atom stereocenters. The largest absolute Gasteiger partial charge is 0.481 e. The zero-order valence-corrected chi connectivity index (χ0v) is 14.6. The lowest BCUT2D eigenvalue weighted by molar-refractivity contribution is 0.0953. The number of aryl methyl sites for hydroxylation is 1. The molecule has 3 N–H and O–H groups in total. The average Bonchev–Trinajstić information content (AvgIpc) is 2.66. The molecule has 8 heteroatoms. The van der Waals surface area contributed by atoms with Crippen molar-refractivity contribution in [1.29, 1.82) is 0 Å². The fourth-order valence-electron chi connectivity index (χ4n) is 2.07. The van der Waals surface area contributed by atoms with Gasteiger partial charge in [-0.25, -0.2) is 14.2 Å². The number of methoxy groups -OCH3 is 1. The minimum absolute atomic E-state index is 0.228. The summed E-state index contributed by atoms with van der Waals surface area (Å²) in [6.45, 7) is 2.41. The number of carbonyl (C=O) groups is 2. The van der Waals surface area contributed by atoms with Gasteiger partial charge in [0.2, 0.25) is 5.88 Å². The Morgan fingerprint density at radius 3 is 2.54 bits per heavy atom. The van der Waals surface area contributed by atoms with E-state index in [0.717, 1.165) is 5.56 Å². The van der Waals surface area contributed by atoms with Crippen LogP contribution in [0.4, 0.5) is 9.18 Å². The van der Waals surface area contributed by atoms with Gasteiger partial charge in [0.05, 0.1) is 7.11 Å². The van der Waals surface area contributed by atoms with Crippen LogP contribution in [0, 0.1) is 12.7 Å². The summed E-state index contributed by atoms with van der Waals surface area (Å²) in [5, 5.41) is 7.91. The van der Waals surface area contributed by atoms with Crippen molar-refractivity contribution in [3.05, 3.63) is 59.0 Å². The third kappa shape index (κ3) is 5.73. The van der Waals surface area contributed by atoms with Crippen molar-refractivity contribution in [3.63, 3.8) is 0 Å². The number of amides is 3. The van der Waals surface area contributed by atoms with Crippen LogP contribution in [0.2, 0.25) is 0 Å². The Balaban J connectivity index is 1.66. The number of hydrogen-bond acceptors (Lipinski definition) is 4. The summed E-state index contributed by atoms with van der Waals surface area (Å²) in [7, 11) is 1.53. The van der Waals surface area contributed by atoms with Gasteiger partial charge in [0.15, 0.2) is 0 Å². The summed E-state index contributed by atoms with van der Waals surface area (Å²) in [6, 6.07) is 7.43. The summed E-state index contributed by atoms with van der Waals surface area (Å²) in [5.41, 5.74) is 1.55. The highest BCUT2D eigenvalue weighted by atomic mass is 19.1. The van der Waals surface area contributed by atoms with Gasteiger partial charge in [0.25, 0.3) is 5.91 Å². The lowest BCUT2D eigenvalue weighted by Crippen LogP contribution is -2.40. The molecule has 7 nitrogen and oxygen atoms in total. The van der Waals surface area contributed by atoms with Gasteiger partial charge in [-0.05, 0) is 30.2 Å². The molecule has 0 aliphatic heterocycles. The van der Waals surface area contributed by atoms with Gasteiger partial charge < -0.3 is 20.7 Å². The molecule has 3 amide bonds. The van der Waals surface area contributed by atoms with E-state index in [1.165, 1.54) is 13.2 Å². The highest BCUT2D eigenvalue weighted by molar-refractivity contribution is 5.94. The van der Waals surface area contributed by atoms with Crippen molar-refractivity contribution >= 4 is 11.9 Å². The topological polar surface area (TPSA) is 92.4 Å². The molecule has 0 aliphatic rings. The van der Waals surface area contributed by atoms with Crippen molar-refractivity contribution in [2.45, 2.75) is 13.5 Å². The number of benzene rings is 1. The van der Waals surface area contributed by atoms with E-state index in [2.05, 4.69) is 20.9 Å². The first-order valence-electron chi connectivity index (χ1n) is 8.04. The van der Waals surface area contributed by atoms with E-state index in [0.29, 0.717) is 18.0 Å². The fourth-order valence-corrected chi connectivity index (χ4v) is 2.07. The second-order valence-corrected chi connectivity index (χ2v) is 5.54. The molecular weight excluding hydrogens is 339 g/mol. The molecule has 0 saturated heterocycles. The molecule has 2 rings (SSSR count). The molecule has 1 aromatic heterocycles. The Labute approximate surface area is 151 Å². The van der Waals surface area contributed by atoms with Crippen LogP contribution < -0.4 is 20.7 Å². The maximum absolute atomic E-state index is 13.4. The van der Waals surface area contributed by atoms with E-state index >= 15 is 0 Å². The molecular formula is C18H21FN4O3. The van der Waals surface area contributed by atoms with Gasteiger partial charge in [-0.15, -0.1) is 0 Å². The van der Waals surface area contributed by atoms with Crippen LogP contribution in [0.3, 0.4) is 0 Å². The summed E-state index contributed by atoms with van der Waals surface area (Å²) >= 11 is 0.